The molecule has 4 rings (SSSR count). The predicted octanol–water partition coefficient (Wildman–Crippen LogP) is 3.99. The molecule has 142 valence electrons. The number of carbonyl (C=O) groups excluding carboxylic acids is 1. The Balaban J connectivity index is 1.55. The first-order valence-corrected chi connectivity index (χ1v) is 8.97. The molecule has 0 radical (unpaired) electrons. The van der Waals surface area contributed by atoms with E-state index in [1.165, 1.54) is 12.1 Å². The van der Waals surface area contributed by atoms with Crippen LogP contribution in [0.15, 0.2) is 60.9 Å². The second-order valence-corrected chi connectivity index (χ2v) is 6.68. The van der Waals surface area contributed by atoms with Crippen molar-refractivity contribution in [2.24, 2.45) is 0 Å². The van der Waals surface area contributed by atoms with E-state index in [1.807, 2.05) is 30.3 Å². The number of halogens is 2. The maximum atomic E-state index is 13.4. The van der Waals surface area contributed by atoms with Crippen molar-refractivity contribution in [3.8, 4) is 16.9 Å². The van der Waals surface area contributed by atoms with Gasteiger partial charge in [-0.2, -0.15) is 0 Å². The van der Waals surface area contributed by atoms with Crippen molar-refractivity contribution in [3.05, 3.63) is 83.7 Å². The Labute approximate surface area is 161 Å². The van der Waals surface area contributed by atoms with Gasteiger partial charge in [0.15, 0.2) is 0 Å². The van der Waals surface area contributed by atoms with Gasteiger partial charge in [-0.25, -0.2) is 8.78 Å². The SMILES string of the molecule is O=C(Cc1cc(F)cc(F)c1)N1CCOc2ccc(-c3cccnc3)cc2C1. The van der Waals surface area contributed by atoms with Crippen molar-refractivity contribution in [2.45, 2.75) is 13.0 Å². The lowest BCUT2D eigenvalue weighted by Crippen LogP contribution is -2.33. The van der Waals surface area contributed by atoms with Crippen molar-refractivity contribution in [2.75, 3.05) is 13.2 Å². The molecule has 2 heterocycles. The smallest absolute Gasteiger partial charge is 0.227 e. The molecule has 0 bridgehead atoms. The number of benzene rings is 2. The third kappa shape index (κ3) is 4.01. The van der Waals surface area contributed by atoms with E-state index in [-0.39, 0.29) is 12.3 Å². The predicted molar refractivity (Wildman–Crippen MR) is 101 cm³/mol. The van der Waals surface area contributed by atoms with E-state index in [4.69, 9.17) is 4.74 Å². The van der Waals surface area contributed by atoms with Crippen molar-refractivity contribution in [1.29, 1.82) is 0 Å². The van der Waals surface area contributed by atoms with E-state index in [1.54, 1.807) is 17.3 Å². The summed E-state index contributed by atoms with van der Waals surface area (Å²) >= 11 is 0. The Morgan fingerprint density at radius 1 is 1.07 bits per heavy atom. The van der Waals surface area contributed by atoms with Gasteiger partial charge in [-0.1, -0.05) is 12.1 Å². The first-order chi connectivity index (χ1) is 13.6. The van der Waals surface area contributed by atoms with E-state index in [2.05, 4.69) is 4.98 Å². The first kappa shape index (κ1) is 18.1. The summed E-state index contributed by atoms with van der Waals surface area (Å²) in [6.45, 7) is 1.15. The van der Waals surface area contributed by atoms with Gasteiger partial charge in [-0.15, -0.1) is 0 Å². The summed E-state index contributed by atoms with van der Waals surface area (Å²) in [5, 5.41) is 0. The lowest BCUT2D eigenvalue weighted by molar-refractivity contribution is -0.131. The molecule has 0 unspecified atom stereocenters. The van der Waals surface area contributed by atoms with Gasteiger partial charge in [0.25, 0.3) is 0 Å². The number of fused-ring (bicyclic) bond motifs is 1. The summed E-state index contributed by atoms with van der Waals surface area (Å²) in [5.41, 5.74) is 3.16. The monoisotopic (exact) mass is 380 g/mol. The molecule has 0 saturated heterocycles. The van der Waals surface area contributed by atoms with Crippen LogP contribution in [0.25, 0.3) is 11.1 Å². The van der Waals surface area contributed by atoms with Crippen LogP contribution in [0.5, 0.6) is 5.75 Å². The number of ether oxygens (including phenoxy) is 1. The van der Waals surface area contributed by atoms with Crippen LogP contribution in [0, 0.1) is 11.6 Å². The molecule has 0 spiro atoms. The number of hydrogen-bond donors (Lipinski definition) is 0. The summed E-state index contributed by atoms with van der Waals surface area (Å²) in [5.74, 6) is -0.838. The molecule has 3 aromatic rings. The van der Waals surface area contributed by atoms with E-state index < -0.39 is 11.6 Å². The number of pyridine rings is 1. The number of rotatable bonds is 3. The minimum atomic E-state index is -0.687. The molecular weight excluding hydrogens is 362 g/mol. The van der Waals surface area contributed by atoms with Gasteiger partial charge >= 0.3 is 0 Å². The van der Waals surface area contributed by atoms with Gasteiger partial charge in [0.2, 0.25) is 5.91 Å². The van der Waals surface area contributed by atoms with Gasteiger partial charge in [-0.3, -0.25) is 9.78 Å². The number of aromatic nitrogens is 1. The molecule has 0 saturated carbocycles. The molecule has 4 nitrogen and oxygen atoms in total. The normalized spacial score (nSPS) is 13.4. The van der Waals surface area contributed by atoms with Gasteiger partial charge in [-0.05, 0) is 41.5 Å². The molecular formula is C22H18F2N2O2. The average Bonchev–Trinajstić information content (AvgIpc) is 2.89. The van der Waals surface area contributed by atoms with Gasteiger partial charge < -0.3 is 9.64 Å². The largest absolute Gasteiger partial charge is 0.491 e. The maximum absolute atomic E-state index is 13.4. The summed E-state index contributed by atoms with van der Waals surface area (Å²) in [6.07, 6.45) is 3.43. The molecule has 0 fully saturated rings. The molecule has 6 heteroatoms. The van der Waals surface area contributed by atoms with Crippen LogP contribution < -0.4 is 4.74 Å². The van der Waals surface area contributed by atoms with Crippen LogP contribution >= 0.6 is 0 Å². The Bertz CT molecular complexity index is 988. The summed E-state index contributed by atoms with van der Waals surface area (Å²) in [6, 6.07) is 12.8. The Kier molecular flexibility index (Phi) is 5.02. The Morgan fingerprint density at radius 3 is 2.64 bits per heavy atom. The minimum Gasteiger partial charge on any atom is -0.491 e. The molecule has 0 N–H and O–H groups in total. The number of amides is 1. The van der Waals surface area contributed by atoms with Gasteiger partial charge in [0.05, 0.1) is 13.0 Å². The molecule has 1 aliphatic heterocycles. The maximum Gasteiger partial charge on any atom is 0.227 e. The highest BCUT2D eigenvalue weighted by molar-refractivity contribution is 5.79. The second kappa shape index (κ2) is 7.76. The fraction of sp³-hybridized carbons (Fsp3) is 0.182. The summed E-state index contributed by atoms with van der Waals surface area (Å²) in [4.78, 5) is 18.5. The van der Waals surface area contributed by atoms with Crippen LogP contribution in [0.4, 0.5) is 8.78 Å². The zero-order valence-electron chi connectivity index (χ0n) is 15.1. The van der Waals surface area contributed by atoms with Crippen molar-refractivity contribution in [1.82, 2.24) is 9.88 Å². The lowest BCUT2D eigenvalue weighted by atomic mass is 10.0. The average molecular weight is 380 g/mol. The van der Waals surface area contributed by atoms with E-state index in [0.717, 1.165) is 28.5 Å². The standard InChI is InChI=1S/C22H18F2N2O2/c23-19-8-15(9-20(24)12-19)10-22(27)26-6-7-28-21-4-3-16(11-18(21)14-26)17-2-1-5-25-13-17/h1-5,8-9,11-13H,6-7,10,14H2. The van der Waals surface area contributed by atoms with Crippen molar-refractivity contribution < 1.29 is 18.3 Å². The lowest BCUT2D eigenvalue weighted by Gasteiger charge is -2.20. The fourth-order valence-electron chi connectivity index (χ4n) is 3.32. The van der Waals surface area contributed by atoms with Crippen LogP contribution in [-0.2, 0) is 17.8 Å². The molecule has 1 aliphatic rings. The third-order valence-corrected chi connectivity index (χ3v) is 4.67. The Hall–Kier alpha value is -3.28. The zero-order valence-corrected chi connectivity index (χ0v) is 15.1. The van der Waals surface area contributed by atoms with Gasteiger partial charge in [0.1, 0.15) is 24.0 Å². The molecule has 0 aliphatic carbocycles. The molecule has 0 atom stereocenters. The van der Waals surface area contributed by atoms with E-state index in [0.29, 0.717) is 25.3 Å². The Morgan fingerprint density at radius 2 is 1.89 bits per heavy atom. The quantitative estimate of drug-likeness (QED) is 0.690. The highest BCUT2D eigenvalue weighted by atomic mass is 19.1. The summed E-state index contributed by atoms with van der Waals surface area (Å²) in [7, 11) is 0. The molecule has 1 aromatic heterocycles. The highest BCUT2D eigenvalue weighted by Gasteiger charge is 2.21. The molecule has 1 amide bonds. The first-order valence-electron chi connectivity index (χ1n) is 8.97. The highest BCUT2D eigenvalue weighted by Crippen LogP contribution is 2.29. The van der Waals surface area contributed by atoms with Crippen LogP contribution in [0.2, 0.25) is 0 Å². The van der Waals surface area contributed by atoms with E-state index >= 15 is 0 Å². The van der Waals surface area contributed by atoms with Crippen LogP contribution in [0.1, 0.15) is 11.1 Å². The number of nitrogens with zero attached hydrogens (tertiary/aromatic N) is 2. The van der Waals surface area contributed by atoms with Gasteiger partial charge in [0, 0.05) is 36.1 Å². The fourth-order valence-corrected chi connectivity index (χ4v) is 3.32. The van der Waals surface area contributed by atoms with Crippen molar-refractivity contribution in [3.63, 3.8) is 0 Å². The van der Waals surface area contributed by atoms with Crippen molar-refractivity contribution >= 4 is 5.91 Å². The molecule has 28 heavy (non-hydrogen) atoms. The second-order valence-electron chi connectivity index (χ2n) is 6.68. The minimum absolute atomic E-state index is 0.0632. The topological polar surface area (TPSA) is 42.4 Å². The number of carbonyl (C=O) groups is 1. The number of hydrogen-bond acceptors (Lipinski definition) is 3. The van der Waals surface area contributed by atoms with E-state index in [9.17, 15) is 13.6 Å². The molecule has 2 aromatic carbocycles. The van der Waals surface area contributed by atoms with Crippen LogP contribution in [0.3, 0.4) is 0 Å². The van der Waals surface area contributed by atoms with Crippen LogP contribution in [-0.4, -0.2) is 28.9 Å². The zero-order chi connectivity index (χ0) is 19.5. The third-order valence-electron chi connectivity index (χ3n) is 4.67. The summed E-state index contributed by atoms with van der Waals surface area (Å²) < 4.78 is 32.6.